The van der Waals surface area contributed by atoms with Gasteiger partial charge in [0.15, 0.2) is 0 Å². The molecule has 48 heavy (non-hydrogen) atoms. The Morgan fingerprint density at radius 3 is 0.729 bits per heavy atom. The molecule has 0 saturated carbocycles. The van der Waals surface area contributed by atoms with E-state index in [1.807, 2.05) is 158 Å². The fraction of sp³-hybridized carbons (Fsp3) is 0. The summed E-state index contributed by atoms with van der Waals surface area (Å²) in [5.41, 5.74) is 5.97. The number of benzene rings is 7. The standard InChI is InChI=1S/C44H30O4/c45-43(47-35-27-15-5-16-28-35)41-37(31-19-7-1-8-20-31)38(32-21-9-2-10-22-32)42(44(46)48-36-29-17-6-18-30-36)40(34-25-13-4-14-26-34)39(41)33-23-11-3-12-24-33/h1-30H. The minimum atomic E-state index is -0.545. The monoisotopic (exact) mass is 622 g/mol. The lowest BCUT2D eigenvalue weighted by molar-refractivity contribution is 0.0723. The van der Waals surface area contributed by atoms with Gasteiger partial charge < -0.3 is 9.47 Å². The van der Waals surface area contributed by atoms with Crippen LogP contribution < -0.4 is 9.47 Å². The van der Waals surface area contributed by atoms with Gasteiger partial charge in [0.25, 0.3) is 0 Å². The summed E-state index contributed by atoms with van der Waals surface area (Å²) < 4.78 is 12.3. The Morgan fingerprint density at radius 2 is 0.500 bits per heavy atom. The number of carbonyl (C=O) groups excluding carboxylic acids is 2. The van der Waals surface area contributed by atoms with E-state index >= 15 is 0 Å². The fourth-order valence-electron chi connectivity index (χ4n) is 6.03. The minimum absolute atomic E-state index is 0.338. The first-order valence-electron chi connectivity index (χ1n) is 15.7. The SMILES string of the molecule is O=C(Oc1ccccc1)c1c(-c2ccccc2)c(-c2ccccc2)c(C(=O)Oc2ccccc2)c(-c2ccccc2)c1-c1ccccc1. The highest BCUT2D eigenvalue weighted by molar-refractivity contribution is 6.19. The molecule has 0 aromatic heterocycles. The van der Waals surface area contributed by atoms with Crippen molar-refractivity contribution in [3.05, 3.63) is 193 Å². The summed E-state index contributed by atoms with van der Waals surface area (Å²) in [6.45, 7) is 0. The second-order valence-electron chi connectivity index (χ2n) is 11.1. The van der Waals surface area contributed by atoms with Gasteiger partial charge in [0, 0.05) is 22.3 Å². The Hall–Kier alpha value is -6.52. The zero-order valence-corrected chi connectivity index (χ0v) is 26.0. The van der Waals surface area contributed by atoms with Gasteiger partial charge in [-0.05, 0) is 46.5 Å². The summed E-state index contributed by atoms with van der Waals surface area (Å²) >= 11 is 0. The molecule has 7 aromatic carbocycles. The van der Waals surface area contributed by atoms with E-state index in [4.69, 9.17) is 9.47 Å². The van der Waals surface area contributed by atoms with Crippen molar-refractivity contribution in [2.24, 2.45) is 0 Å². The van der Waals surface area contributed by atoms with E-state index in [2.05, 4.69) is 0 Å². The fourth-order valence-corrected chi connectivity index (χ4v) is 6.03. The predicted octanol–water partition coefficient (Wildman–Crippen LogP) is 10.8. The molecular weight excluding hydrogens is 592 g/mol. The molecule has 0 unspecified atom stereocenters. The van der Waals surface area contributed by atoms with Crippen LogP contribution in [0.15, 0.2) is 182 Å². The Bertz CT molecular complexity index is 1900. The number of hydrogen-bond acceptors (Lipinski definition) is 4. The smallest absolute Gasteiger partial charge is 0.344 e. The lowest BCUT2D eigenvalue weighted by Crippen LogP contribution is -2.19. The molecule has 4 heteroatoms. The summed E-state index contributed by atoms with van der Waals surface area (Å²) in [5.74, 6) is -0.265. The summed E-state index contributed by atoms with van der Waals surface area (Å²) in [5, 5.41) is 0. The van der Waals surface area contributed by atoms with Crippen LogP contribution in [0.4, 0.5) is 0 Å². The number of ether oxygens (including phenoxy) is 2. The third-order valence-electron chi connectivity index (χ3n) is 8.07. The largest absolute Gasteiger partial charge is 0.423 e. The van der Waals surface area contributed by atoms with Crippen LogP contribution in [-0.2, 0) is 0 Å². The molecular formula is C44H30O4. The van der Waals surface area contributed by atoms with Crippen molar-refractivity contribution in [3.8, 4) is 56.0 Å². The van der Waals surface area contributed by atoms with Crippen molar-refractivity contribution in [2.45, 2.75) is 0 Å². The number of carbonyl (C=O) groups is 2. The van der Waals surface area contributed by atoms with Gasteiger partial charge in [-0.1, -0.05) is 158 Å². The first-order valence-corrected chi connectivity index (χ1v) is 15.7. The molecule has 7 rings (SSSR count). The molecule has 230 valence electrons. The molecule has 0 radical (unpaired) electrons. The van der Waals surface area contributed by atoms with Gasteiger partial charge in [0.1, 0.15) is 11.5 Å². The third-order valence-corrected chi connectivity index (χ3v) is 8.07. The highest BCUT2D eigenvalue weighted by Crippen LogP contribution is 2.49. The summed E-state index contributed by atoms with van der Waals surface area (Å²) in [6, 6.07) is 56.7. The van der Waals surface area contributed by atoms with Crippen LogP contribution in [0.25, 0.3) is 44.5 Å². The van der Waals surface area contributed by atoms with Crippen LogP contribution in [0.2, 0.25) is 0 Å². The van der Waals surface area contributed by atoms with E-state index in [0.29, 0.717) is 44.9 Å². The van der Waals surface area contributed by atoms with Gasteiger partial charge in [-0.25, -0.2) is 9.59 Å². The van der Waals surface area contributed by atoms with Crippen LogP contribution in [0, 0.1) is 0 Å². The number of hydrogen-bond donors (Lipinski definition) is 0. The molecule has 0 fully saturated rings. The molecule has 0 spiro atoms. The molecule has 0 saturated heterocycles. The van der Waals surface area contributed by atoms with Crippen molar-refractivity contribution in [2.75, 3.05) is 0 Å². The molecule has 7 aromatic rings. The summed E-state index contributed by atoms with van der Waals surface area (Å²) in [7, 11) is 0. The lowest BCUT2D eigenvalue weighted by atomic mass is 9.77. The van der Waals surface area contributed by atoms with Crippen LogP contribution in [0.1, 0.15) is 20.7 Å². The Labute approximate surface area is 279 Å². The van der Waals surface area contributed by atoms with E-state index in [0.717, 1.165) is 22.3 Å². The topological polar surface area (TPSA) is 52.6 Å². The van der Waals surface area contributed by atoms with Gasteiger partial charge in [-0.2, -0.15) is 0 Å². The second-order valence-corrected chi connectivity index (χ2v) is 11.1. The van der Waals surface area contributed by atoms with Crippen LogP contribution in [0.5, 0.6) is 11.5 Å². The zero-order chi connectivity index (χ0) is 32.7. The van der Waals surface area contributed by atoms with Gasteiger partial charge in [0.05, 0.1) is 11.1 Å². The number of esters is 2. The summed E-state index contributed by atoms with van der Waals surface area (Å²) in [6.07, 6.45) is 0. The highest BCUT2D eigenvalue weighted by Gasteiger charge is 2.34. The van der Waals surface area contributed by atoms with Crippen LogP contribution in [0.3, 0.4) is 0 Å². The average Bonchev–Trinajstić information content (AvgIpc) is 3.16. The van der Waals surface area contributed by atoms with E-state index in [9.17, 15) is 9.59 Å². The van der Waals surface area contributed by atoms with Gasteiger partial charge in [-0.3, -0.25) is 0 Å². The molecule has 0 amide bonds. The third kappa shape index (κ3) is 6.15. The Balaban J connectivity index is 1.69. The Kier molecular flexibility index (Phi) is 8.70. The van der Waals surface area contributed by atoms with E-state index < -0.39 is 11.9 Å². The first-order chi connectivity index (χ1) is 23.7. The van der Waals surface area contributed by atoms with Gasteiger partial charge in [0.2, 0.25) is 0 Å². The number of rotatable bonds is 8. The quantitative estimate of drug-likeness (QED) is 0.125. The van der Waals surface area contributed by atoms with Crippen LogP contribution >= 0.6 is 0 Å². The average molecular weight is 623 g/mol. The highest BCUT2D eigenvalue weighted by atomic mass is 16.5. The van der Waals surface area contributed by atoms with Gasteiger partial charge >= 0.3 is 11.9 Å². The van der Waals surface area contributed by atoms with Crippen molar-refractivity contribution in [3.63, 3.8) is 0 Å². The van der Waals surface area contributed by atoms with Crippen molar-refractivity contribution >= 4 is 11.9 Å². The molecule has 0 heterocycles. The Morgan fingerprint density at radius 1 is 0.292 bits per heavy atom. The lowest BCUT2D eigenvalue weighted by Gasteiger charge is -2.26. The molecule has 4 nitrogen and oxygen atoms in total. The molecule has 0 atom stereocenters. The van der Waals surface area contributed by atoms with Gasteiger partial charge in [-0.15, -0.1) is 0 Å². The van der Waals surface area contributed by atoms with E-state index in [-0.39, 0.29) is 0 Å². The van der Waals surface area contributed by atoms with Crippen LogP contribution in [-0.4, -0.2) is 11.9 Å². The second kappa shape index (κ2) is 13.9. The molecule has 0 N–H and O–H groups in total. The molecule has 0 aliphatic heterocycles. The summed E-state index contributed by atoms with van der Waals surface area (Å²) in [4.78, 5) is 29.6. The van der Waals surface area contributed by atoms with E-state index in [1.165, 1.54) is 0 Å². The maximum Gasteiger partial charge on any atom is 0.344 e. The molecule has 0 aliphatic rings. The van der Waals surface area contributed by atoms with Crippen molar-refractivity contribution < 1.29 is 19.1 Å². The van der Waals surface area contributed by atoms with Crippen molar-refractivity contribution in [1.29, 1.82) is 0 Å². The number of para-hydroxylation sites is 2. The maximum atomic E-state index is 14.8. The van der Waals surface area contributed by atoms with Crippen molar-refractivity contribution in [1.82, 2.24) is 0 Å². The normalized spacial score (nSPS) is 10.7. The minimum Gasteiger partial charge on any atom is -0.423 e. The molecule has 0 bridgehead atoms. The first kappa shape index (κ1) is 30.2. The zero-order valence-electron chi connectivity index (χ0n) is 26.0. The molecule has 0 aliphatic carbocycles. The maximum absolute atomic E-state index is 14.8. The van der Waals surface area contributed by atoms with E-state index in [1.54, 1.807) is 24.3 Å². The predicted molar refractivity (Wildman–Crippen MR) is 191 cm³/mol.